The summed E-state index contributed by atoms with van der Waals surface area (Å²) >= 11 is 10.4. The molecule has 8 heteroatoms. The quantitative estimate of drug-likeness (QED) is 0.523. The fourth-order valence-corrected chi connectivity index (χ4v) is 2.73. The van der Waals surface area contributed by atoms with Gasteiger partial charge in [-0.1, -0.05) is 17.7 Å². The van der Waals surface area contributed by atoms with Crippen molar-refractivity contribution in [3.05, 3.63) is 34.6 Å². The molecule has 2 aromatic heterocycles. The summed E-state index contributed by atoms with van der Waals surface area (Å²) in [5.41, 5.74) is 1.69. The van der Waals surface area contributed by atoms with Crippen LogP contribution in [0.5, 0.6) is 0 Å². The lowest BCUT2D eigenvalue weighted by Gasteiger charge is -2.32. The van der Waals surface area contributed by atoms with Crippen LogP contribution in [0.2, 0.25) is 5.15 Å². The lowest BCUT2D eigenvalue weighted by Crippen LogP contribution is -2.41. The number of hydrogen-bond acceptors (Lipinski definition) is 5. The van der Waals surface area contributed by atoms with Gasteiger partial charge in [0.2, 0.25) is 0 Å². The third-order valence-corrected chi connectivity index (χ3v) is 5.02. The molecule has 0 atom stereocenters. The molecule has 3 rings (SSSR count). The summed E-state index contributed by atoms with van der Waals surface area (Å²) in [5.74, 6) is 0.509. The van der Waals surface area contributed by atoms with Crippen LogP contribution in [-0.4, -0.2) is 38.7 Å². The molecule has 2 aromatic rings. The largest absolute Gasteiger partial charge is 0.491 e. The highest BCUT2D eigenvalue weighted by Crippen LogP contribution is 2.39. The van der Waals surface area contributed by atoms with E-state index in [-0.39, 0.29) is 11.2 Å². The third-order valence-electron chi connectivity index (χ3n) is 4.44. The molecule has 0 aliphatic carbocycles. The topological polar surface area (TPSA) is 48.7 Å². The smallest absolute Gasteiger partial charge is 0.400 e. The second-order valence-electron chi connectivity index (χ2n) is 6.58. The number of nitrogens with zero attached hydrogens (tertiary/aromatic N) is 3. The lowest BCUT2D eigenvalue weighted by molar-refractivity contribution is 0.00578. The minimum atomic E-state index is -0.438. The van der Waals surface area contributed by atoms with Gasteiger partial charge in [0.1, 0.15) is 5.15 Å². The molecule has 0 bridgehead atoms. The van der Waals surface area contributed by atoms with Crippen LogP contribution in [0.1, 0.15) is 33.3 Å². The van der Waals surface area contributed by atoms with Crippen LogP contribution >= 0.6 is 24.2 Å². The van der Waals surface area contributed by atoms with Gasteiger partial charge in [0, 0.05) is 17.5 Å². The molecular formula is C15H19BClN3O2S. The zero-order valence-electron chi connectivity index (χ0n) is 13.6. The minimum absolute atomic E-state index is 0.387. The van der Waals surface area contributed by atoms with Crippen molar-refractivity contribution < 1.29 is 9.31 Å². The van der Waals surface area contributed by atoms with E-state index in [1.54, 1.807) is 23.0 Å². The van der Waals surface area contributed by atoms with Gasteiger partial charge in [0.25, 0.3) is 0 Å². The van der Waals surface area contributed by atoms with E-state index in [1.165, 1.54) is 0 Å². The van der Waals surface area contributed by atoms with Crippen LogP contribution in [0.3, 0.4) is 0 Å². The second-order valence-corrected chi connectivity index (χ2v) is 7.29. The first-order valence-electron chi connectivity index (χ1n) is 7.40. The highest BCUT2D eigenvalue weighted by atomic mass is 35.5. The van der Waals surface area contributed by atoms with Crippen molar-refractivity contribution >= 4 is 43.1 Å². The Bertz CT molecular complexity index is 759. The van der Waals surface area contributed by atoms with Crippen LogP contribution in [0.4, 0.5) is 0 Å². The van der Waals surface area contributed by atoms with E-state index >= 15 is 0 Å². The predicted octanol–water partition coefficient (Wildman–Crippen LogP) is 3.33. The number of fused-ring (bicyclic) bond motifs is 1. The summed E-state index contributed by atoms with van der Waals surface area (Å²) in [6.45, 7) is 8.11. The molecule has 1 aliphatic heterocycles. The Labute approximate surface area is 146 Å². The Morgan fingerprint density at radius 3 is 2.61 bits per heavy atom. The molecule has 0 N–H and O–H groups in total. The summed E-state index contributed by atoms with van der Waals surface area (Å²) in [6.07, 6.45) is 5.48. The monoisotopic (exact) mass is 351 g/mol. The van der Waals surface area contributed by atoms with E-state index in [0.29, 0.717) is 16.6 Å². The van der Waals surface area contributed by atoms with Gasteiger partial charge in [0.05, 0.1) is 17.4 Å². The fourth-order valence-electron chi connectivity index (χ4n) is 2.35. The first kappa shape index (κ1) is 16.8. The summed E-state index contributed by atoms with van der Waals surface area (Å²) < 4.78 is 13.9. The number of halogens is 1. The van der Waals surface area contributed by atoms with E-state index in [1.807, 2.05) is 33.8 Å². The molecule has 1 fully saturated rings. The Hall–Kier alpha value is -1.02. The van der Waals surface area contributed by atoms with Gasteiger partial charge in [-0.15, -0.1) is 0 Å². The molecule has 5 nitrogen and oxygen atoms in total. The average Bonchev–Trinajstić information content (AvgIpc) is 2.94. The molecule has 1 aliphatic rings. The highest BCUT2D eigenvalue weighted by Gasteiger charge is 2.52. The van der Waals surface area contributed by atoms with Gasteiger partial charge in [-0.25, -0.2) is 9.50 Å². The first-order valence-corrected chi connectivity index (χ1v) is 8.41. The minimum Gasteiger partial charge on any atom is -0.400 e. The molecule has 0 aromatic carbocycles. The predicted molar refractivity (Wildman–Crippen MR) is 95.9 cm³/mol. The van der Waals surface area contributed by atoms with Crippen molar-refractivity contribution in [3.8, 4) is 0 Å². The van der Waals surface area contributed by atoms with Crippen LogP contribution in [0, 0.1) is 0 Å². The van der Waals surface area contributed by atoms with Crippen LogP contribution < -0.4 is 0 Å². The molecule has 0 spiro atoms. The SMILES string of the molecule is CC1(C)OB(C(=Cc2cnn3ccc(Cl)nc23)CS)OC1(C)C. The number of aromatic nitrogens is 3. The van der Waals surface area contributed by atoms with Gasteiger partial charge in [-0.3, -0.25) is 0 Å². The van der Waals surface area contributed by atoms with E-state index in [2.05, 4.69) is 22.7 Å². The zero-order chi connectivity index (χ0) is 16.8. The highest BCUT2D eigenvalue weighted by molar-refractivity contribution is 7.80. The van der Waals surface area contributed by atoms with Crippen molar-refractivity contribution in [3.63, 3.8) is 0 Å². The number of rotatable bonds is 3. The van der Waals surface area contributed by atoms with E-state index < -0.39 is 7.12 Å². The maximum Gasteiger partial charge on any atom is 0.491 e. The Kier molecular flexibility index (Phi) is 4.25. The number of thiol groups is 1. The van der Waals surface area contributed by atoms with Crippen molar-refractivity contribution in [1.29, 1.82) is 0 Å². The Morgan fingerprint density at radius 2 is 2.00 bits per heavy atom. The zero-order valence-corrected chi connectivity index (χ0v) is 15.2. The van der Waals surface area contributed by atoms with Gasteiger partial charge in [-0.05, 0) is 39.2 Å². The third kappa shape index (κ3) is 3.03. The normalized spacial score (nSPS) is 20.4. The molecule has 23 heavy (non-hydrogen) atoms. The van der Waals surface area contributed by atoms with Crippen LogP contribution in [0.15, 0.2) is 23.9 Å². The van der Waals surface area contributed by atoms with E-state index in [0.717, 1.165) is 11.0 Å². The molecule has 0 amide bonds. The lowest BCUT2D eigenvalue weighted by atomic mass is 9.78. The van der Waals surface area contributed by atoms with Gasteiger partial charge >= 0.3 is 7.12 Å². The maximum absolute atomic E-state index is 6.09. The van der Waals surface area contributed by atoms with Crippen LogP contribution in [-0.2, 0) is 9.31 Å². The fraction of sp³-hybridized carbons (Fsp3) is 0.467. The molecule has 0 unspecified atom stereocenters. The standard InChI is InChI=1S/C15H19BClN3O2S/c1-14(2)15(3,4)22-16(21-14)11(9-23)7-10-8-18-20-6-5-12(17)19-13(10)20/h5-8,23H,9H2,1-4H3. The molecule has 122 valence electrons. The summed E-state index contributed by atoms with van der Waals surface area (Å²) in [5, 5.41) is 4.70. The van der Waals surface area contributed by atoms with E-state index in [9.17, 15) is 0 Å². The molecule has 3 heterocycles. The van der Waals surface area contributed by atoms with Gasteiger partial charge < -0.3 is 9.31 Å². The summed E-state index contributed by atoms with van der Waals surface area (Å²) in [7, 11) is -0.438. The van der Waals surface area contributed by atoms with Crippen molar-refractivity contribution in [2.45, 2.75) is 38.9 Å². The van der Waals surface area contributed by atoms with Crippen molar-refractivity contribution in [2.24, 2.45) is 0 Å². The van der Waals surface area contributed by atoms with E-state index in [4.69, 9.17) is 20.9 Å². The van der Waals surface area contributed by atoms with Gasteiger partial charge in [-0.2, -0.15) is 17.7 Å². The van der Waals surface area contributed by atoms with Gasteiger partial charge in [0.15, 0.2) is 5.65 Å². The number of hydrogen-bond donors (Lipinski definition) is 1. The molecule has 0 radical (unpaired) electrons. The Balaban J connectivity index is 1.97. The van der Waals surface area contributed by atoms with Crippen molar-refractivity contribution in [1.82, 2.24) is 14.6 Å². The van der Waals surface area contributed by atoms with Crippen LogP contribution in [0.25, 0.3) is 11.7 Å². The Morgan fingerprint density at radius 1 is 1.35 bits per heavy atom. The molecular weight excluding hydrogens is 333 g/mol. The van der Waals surface area contributed by atoms with Crippen molar-refractivity contribution in [2.75, 3.05) is 5.75 Å². The summed E-state index contributed by atoms with van der Waals surface area (Å²) in [6, 6.07) is 1.70. The average molecular weight is 352 g/mol. The maximum atomic E-state index is 6.09. The molecule has 0 saturated carbocycles. The summed E-state index contributed by atoms with van der Waals surface area (Å²) in [4.78, 5) is 4.32. The second kappa shape index (κ2) is 5.81. The first-order chi connectivity index (χ1) is 10.7. The molecule has 1 saturated heterocycles.